The van der Waals surface area contributed by atoms with E-state index in [0.717, 1.165) is 32.4 Å². The summed E-state index contributed by atoms with van der Waals surface area (Å²) in [5.41, 5.74) is -0.210. The van der Waals surface area contributed by atoms with Crippen LogP contribution in [0.25, 0.3) is 0 Å². The van der Waals surface area contributed by atoms with Crippen LogP contribution < -0.4 is 0 Å². The van der Waals surface area contributed by atoms with Crippen molar-refractivity contribution in [1.82, 2.24) is 4.90 Å². The van der Waals surface area contributed by atoms with Gasteiger partial charge in [-0.2, -0.15) is 0 Å². The van der Waals surface area contributed by atoms with Gasteiger partial charge in [0, 0.05) is 19.0 Å². The van der Waals surface area contributed by atoms with Gasteiger partial charge in [0.05, 0.1) is 6.10 Å². The molecule has 0 aromatic carbocycles. The van der Waals surface area contributed by atoms with Crippen molar-refractivity contribution < 1.29 is 14.0 Å². The SMILES string of the molecule is C=CC1C(O[Si](C)(C)C(C)(C)C)CCC12CCN(C(=O)OC(C)(C)C)CC2. The Morgan fingerprint density at radius 1 is 1.11 bits per heavy atom. The molecule has 1 amide bonds. The Morgan fingerprint density at radius 3 is 2.11 bits per heavy atom. The average Bonchev–Trinajstić information content (AvgIpc) is 2.81. The third-order valence-electron chi connectivity index (χ3n) is 6.95. The van der Waals surface area contributed by atoms with E-state index in [4.69, 9.17) is 9.16 Å². The Kier molecular flexibility index (Phi) is 6.28. The minimum Gasteiger partial charge on any atom is -0.444 e. The summed E-state index contributed by atoms with van der Waals surface area (Å²) >= 11 is 0. The highest BCUT2D eigenvalue weighted by atomic mass is 28.4. The lowest BCUT2D eigenvalue weighted by Crippen LogP contribution is -2.49. The van der Waals surface area contributed by atoms with Crippen LogP contribution >= 0.6 is 0 Å². The van der Waals surface area contributed by atoms with Gasteiger partial charge in [0.1, 0.15) is 5.60 Å². The van der Waals surface area contributed by atoms with E-state index in [0.29, 0.717) is 5.92 Å². The second-order valence-electron chi connectivity index (χ2n) is 11.0. The van der Waals surface area contributed by atoms with Gasteiger partial charge in [-0.25, -0.2) is 4.79 Å². The predicted molar refractivity (Wildman–Crippen MR) is 114 cm³/mol. The van der Waals surface area contributed by atoms with Crippen LogP contribution in [0.3, 0.4) is 0 Å². The van der Waals surface area contributed by atoms with Crippen LogP contribution in [0.1, 0.15) is 67.2 Å². The number of likely N-dealkylation sites (tertiary alicyclic amines) is 1. The topological polar surface area (TPSA) is 38.8 Å². The van der Waals surface area contributed by atoms with Gasteiger partial charge in [-0.05, 0) is 70.0 Å². The van der Waals surface area contributed by atoms with Crippen LogP contribution in [0, 0.1) is 11.3 Å². The minimum atomic E-state index is -1.80. The molecule has 2 aliphatic rings. The van der Waals surface area contributed by atoms with Gasteiger partial charge in [0.2, 0.25) is 0 Å². The molecular formula is C22H41NO3Si. The molecule has 5 heteroatoms. The van der Waals surface area contributed by atoms with Crippen LogP contribution in [0.5, 0.6) is 0 Å². The zero-order chi connectivity index (χ0) is 20.7. The van der Waals surface area contributed by atoms with Crippen molar-refractivity contribution in [3.8, 4) is 0 Å². The van der Waals surface area contributed by atoms with E-state index in [-0.39, 0.29) is 22.7 Å². The molecule has 1 heterocycles. The van der Waals surface area contributed by atoms with Gasteiger partial charge in [0.15, 0.2) is 8.32 Å². The number of ether oxygens (including phenoxy) is 1. The third-order valence-corrected chi connectivity index (χ3v) is 11.5. The molecule has 4 nitrogen and oxygen atoms in total. The Balaban J connectivity index is 2.04. The number of hydrogen-bond acceptors (Lipinski definition) is 3. The van der Waals surface area contributed by atoms with E-state index in [2.05, 4.69) is 46.5 Å². The molecule has 2 unspecified atom stereocenters. The summed E-state index contributed by atoms with van der Waals surface area (Å²) in [5, 5.41) is 0.217. The second kappa shape index (κ2) is 7.55. The molecule has 2 rings (SSSR count). The fourth-order valence-electron chi connectivity index (χ4n) is 4.30. The van der Waals surface area contributed by atoms with Crippen LogP contribution in [0.15, 0.2) is 12.7 Å². The van der Waals surface area contributed by atoms with E-state index in [1.54, 1.807) is 0 Å². The standard InChI is InChI=1S/C22H41NO3Si/c1-10-17-18(26-27(8,9)21(5,6)7)11-12-22(17)13-15-23(16-14-22)19(24)25-20(2,3)4/h10,17-18H,1,11-16H2,2-9H3. The van der Waals surface area contributed by atoms with Crippen LogP contribution in [-0.2, 0) is 9.16 Å². The molecule has 1 aliphatic carbocycles. The Hall–Kier alpha value is -0.813. The molecule has 0 radical (unpaired) electrons. The number of rotatable bonds is 3. The quantitative estimate of drug-likeness (QED) is 0.435. The zero-order valence-corrected chi connectivity index (χ0v) is 19.9. The molecule has 0 N–H and O–H groups in total. The van der Waals surface area contributed by atoms with Crippen molar-refractivity contribution in [2.45, 2.75) is 97.1 Å². The predicted octanol–water partition coefficient (Wildman–Crippen LogP) is 5.99. The molecule has 156 valence electrons. The number of carbonyl (C=O) groups excluding carboxylic acids is 1. The summed E-state index contributed by atoms with van der Waals surface area (Å²) in [6.07, 6.45) is 6.53. The van der Waals surface area contributed by atoms with Crippen molar-refractivity contribution in [3.05, 3.63) is 12.7 Å². The molecule has 2 fully saturated rings. The van der Waals surface area contributed by atoms with Crippen LogP contribution in [0.2, 0.25) is 18.1 Å². The largest absolute Gasteiger partial charge is 0.444 e. The number of nitrogens with zero attached hydrogens (tertiary/aromatic N) is 1. The van der Waals surface area contributed by atoms with Gasteiger partial charge in [-0.15, -0.1) is 6.58 Å². The van der Waals surface area contributed by atoms with Gasteiger partial charge >= 0.3 is 6.09 Å². The molecule has 0 aromatic heterocycles. The van der Waals surface area contributed by atoms with Crippen molar-refractivity contribution in [2.24, 2.45) is 11.3 Å². The zero-order valence-electron chi connectivity index (χ0n) is 18.9. The fourth-order valence-corrected chi connectivity index (χ4v) is 5.68. The van der Waals surface area contributed by atoms with Gasteiger partial charge in [0.25, 0.3) is 0 Å². The number of carbonyl (C=O) groups is 1. The first-order chi connectivity index (χ1) is 12.2. The summed E-state index contributed by atoms with van der Waals surface area (Å²) in [6, 6.07) is 0. The molecule has 2 atom stereocenters. The van der Waals surface area contributed by atoms with Crippen LogP contribution in [-0.4, -0.2) is 44.1 Å². The summed E-state index contributed by atoms with van der Waals surface area (Å²) in [7, 11) is -1.80. The third kappa shape index (κ3) is 4.97. The summed E-state index contributed by atoms with van der Waals surface area (Å²) in [4.78, 5) is 14.3. The van der Waals surface area contributed by atoms with E-state index < -0.39 is 13.9 Å². The van der Waals surface area contributed by atoms with Crippen molar-refractivity contribution in [2.75, 3.05) is 13.1 Å². The maximum Gasteiger partial charge on any atom is 0.410 e. The molecule has 1 saturated heterocycles. The fraction of sp³-hybridized carbons (Fsp3) is 0.864. The Bertz CT molecular complexity index is 551. The molecule has 0 aromatic rings. The molecule has 27 heavy (non-hydrogen) atoms. The van der Waals surface area contributed by atoms with E-state index in [1.807, 2.05) is 25.7 Å². The van der Waals surface area contributed by atoms with Gasteiger partial charge in [-0.3, -0.25) is 0 Å². The number of hydrogen-bond donors (Lipinski definition) is 0. The molecular weight excluding hydrogens is 354 g/mol. The minimum absolute atomic E-state index is 0.181. The van der Waals surface area contributed by atoms with Crippen molar-refractivity contribution >= 4 is 14.4 Å². The Labute approximate surface area is 167 Å². The Morgan fingerprint density at radius 2 is 1.67 bits per heavy atom. The number of amides is 1. The summed E-state index contributed by atoms with van der Waals surface area (Å²) in [6.45, 7) is 23.0. The first kappa shape index (κ1) is 22.5. The monoisotopic (exact) mass is 395 g/mol. The lowest BCUT2D eigenvalue weighted by molar-refractivity contribution is 0.00312. The first-order valence-electron chi connectivity index (χ1n) is 10.5. The average molecular weight is 396 g/mol. The highest BCUT2D eigenvalue weighted by Gasteiger charge is 2.51. The summed E-state index contributed by atoms with van der Waals surface area (Å²) < 4.78 is 12.4. The van der Waals surface area contributed by atoms with Gasteiger partial charge < -0.3 is 14.1 Å². The van der Waals surface area contributed by atoms with Crippen molar-refractivity contribution in [1.29, 1.82) is 0 Å². The molecule has 0 bridgehead atoms. The molecule has 1 spiro atoms. The number of piperidine rings is 1. The smallest absolute Gasteiger partial charge is 0.410 e. The normalized spacial score (nSPS) is 26.3. The molecule has 1 saturated carbocycles. The highest BCUT2D eigenvalue weighted by Crippen LogP contribution is 2.53. The summed E-state index contributed by atoms with van der Waals surface area (Å²) in [5.74, 6) is 0.382. The van der Waals surface area contributed by atoms with E-state index in [9.17, 15) is 4.79 Å². The van der Waals surface area contributed by atoms with Crippen LogP contribution in [0.4, 0.5) is 4.79 Å². The van der Waals surface area contributed by atoms with E-state index in [1.165, 1.54) is 6.42 Å². The van der Waals surface area contributed by atoms with Gasteiger partial charge in [-0.1, -0.05) is 26.8 Å². The first-order valence-corrected chi connectivity index (χ1v) is 13.4. The van der Waals surface area contributed by atoms with Crippen molar-refractivity contribution in [3.63, 3.8) is 0 Å². The van der Waals surface area contributed by atoms with E-state index >= 15 is 0 Å². The lowest BCUT2D eigenvalue weighted by atomic mass is 9.70. The molecule has 1 aliphatic heterocycles. The highest BCUT2D eigenvalue weighted by molar-refractivity contribution is 6.74. The second-order valence-corrected chi connectivity index (χ2v) is 15.8. The lowest BCUT2D eigenvalue weighted by Gasteiger charge is -2.45. The maximum absolute atomic E-state index is 12.4. The maximum atomic E-state index is 12.4.